The SMILES string of the molecule is OCC#Cc1cc(F)c(OCc2cnc(SC3CCCC3)n2-c2cccnc2)cc1F. The van der Waals surface area contributed by atoms with Gasteiger partial charge in [0, 0.05) is 17.5 Å². The molecule has 1 aromatic carbocycles. The molecule has 0 amide bonds. The normalized spacial score (nSPS) is 13.8. The van der Waals surface area contributed by atoms with E-state index in [1.807, 2.05) is 16.7 Å². The van der Waals surface area contributed by atoms with Crippen molar-refractivity contribution < 1.29 is 18.6 Å². The lowest BCUT2D eigenvalue weighted by molar-refractivity contribution is 0.281. The molecular formula is C23H21F2N3O2S. The van der Waals surface area contributed by atoms with E-state index in [1.54, 1.807) is 30.4 Å². The lowest BCUT2D eigenvalue weighted by Crippen LogP contribution is -2.08. The molecule has 1 aliphatic rings. The molecule has 1 aliphatic carbocycles. The minimum absolute atomic E-state index is 0.00511. The number of thioether (sulfide) groups is 1. The van der Waals surface area contributed by atoms with E-state index in [1.165, 1.54) is 12.8 Å². The number of aliphatic hydroxyl groups excluding tert-OH is 1. The summed E-state index contributed by atoms with van der Waals surface area (Å²) in [5, 5.41) is 10.1. The molecule has 2 aromatic heterocycles. The highest BCUT2D eigenvalue weighted by atomic mass is 32.2. The van der Waals surface area contributed by atoms with E-state index in [0.717, 1.165) is 35.8 Å². The summed E-state index contributed by atoms with van der Waals surface area (Å²) in [6, 6.07) is 5.69. The molecule has 8 heteroatoms. The Kier molecular flexibility index (Phi) is 6.85. The van der Waals surface area contributed by atoms with Crippen molar-refractivity contribution in [1.82, 2.24) is 14.5 Å². The first-order chi connectivity index (χ1) is 15.2. The van der Waals surface area contributed by atoms with Gasteiger partial charge in [0.15, 0.2) is 16.7 Å². The molecule has 0 radical (unpaired) electrons. The fourth-order valence-electron chi connectivity index (χ4n) is 3.49. The van der Waals surface area contributed by atoms with Crippen molar-refractivity contribution in [2.45, 2.75) is 42.7 Å². The molecule has 4 rings (SSSR count). The highest BCUT2D eigenvalue weighted by molar-refractivity contribution is 7.99. The van der Waals surface area contributed by atoms with Gasteiger partial charge in [-0.05, 0) is 31.0 Å². The summed E-state index contributed by atoms with van der Waals surface area (Å²) in [6.45, 7) is -0.427. The van der Waals surface area contributed by atoms with Crippen molar-refractivity contribution in [1.29, 1.82) is 0 Å². The molecular weight excluding hydrogens is 420 g/mol. The van der Waals surface area contributed by atoms with Gasteiger partial charge in [0.1, 0.15) is 19.0 Å². The van der Waals surface area contributed by atoms with Gasteiger partial charge in [-0.1, -0.05) is 36.4 Å². The number of imidazole rings is 1. The number of pyridine rings is 1. The summed E-state index contributed by atoms with van der Waals surface area (Å²) in [4.78, 5) is 8.76. The van der Waals surface area contributed by atoms with E-state index in [-0.39, 0.29) is 17.9 Å². The van der Waals surface area contributed by atoms with Crippen LogP contribution in [0.15, 0.2) is 48.0 Å². The summed E-state index contributed by atoms with van der Waals surface area (Å²) in [6.07, 6.45) is 9.90. The van der Waals surface area contributed by atoms with E-state index in [2.05, 4.69) is 21.8 Å². The van der Waals surface area contributed by atoms with Gasteiger partial charge < -0.3 is 9.84 Å². The van der Waals surface area contributed by atoms with Crippen LogP contribution in [0.25, 0.3) is 5.69 Å². The van der Waals surface area contributed by atoms with Gasteiger partial charge in [-0.25, -0.2) is 13.8 Å². The van der Waals surface area contributed by atoms with E-state index in [0.29, 0.717) is 10.9 Å². The van der Waals surface area contributed by atoms with Gasteiger partial charge in [0.2, 0.25) is 0 Å². The Morgan fingerprint density at radius 1 is 1.19 bits per heavy atom. The van der Waals surface area contributed by atoms with E-state index in [9.17, 15) is 8.78 Å². The van der Waals surface area contributed by atoms with Crippen molar-refractivity contribution in [2.24, 2.45) is 0 Å². The Balaban J connectivity index is 1.58. The summed E-state index contributed by atoms with van der Waals surface area (Å²) in [7, 11) is 0. The minimum Gasteiger partial charge on any atom is -0.484 e. The van der Waals surface area contributed by atoms with Crippen molar-refractivity contribution in [2.75, 3.05) is 6.61 Å². The molecule has 2 heterocycles. The fourth-order valence-corrected chi connectivity index (χ4v) is 4.80. The van der Waals surface area contributed by atoms with Crippen molar-refractivity contribution >= 4 is 11.8 Å². The summed E-state index contributed by atoms with van der Waals surface area (Å²) in [5.41, 5.74) is 1.41. The zero-order chi connectivity index (χ0) is 21.6. The van der Waals surface area contributed by atoms with Gasteiger partial charge >= 0.3 is 0 Å². The van der Waals surface area contributed by atoms with Gasteiger partial charge in [0.05, 0.1) is 29.3 Å². The average Bonchev–Trinajstić information content (AvgIpc) is 3.44. The number of halogens is 2. The van der Waals surface area contributed by atoms with Crippen LogP contribution in [0.4, 0.5) is 8.78 Å². The number of nitrogens with zero attached hydrogens (tertiary/aromatic N) is 3. The van der Waals surface area contributed by atoms with Crippen molar-refractivity contribution in [3.63, 3.8) is 0 Å². The first kappa shape index (κ1) is 21.3. The van der Waals surface area contributed by atoms with Crippen LogP contribution in [0.1, 0.15) is 36.9 Å². The Hall–Kier alpha value is -2.89. The molecule has 160 valence electrons. The standard InChI is InChI=1S/C23H21F2N3O2S/c24-20-12-22(21(25)11-16(20)5-4-10-29)30-15-18-14-27-23(31-19-7-1-2-8-19)28(18)17-6-3-9-26-13-17/h3,6,9,11-14,19,29H,1-2,7-8,10,15H2. The molecule has 1 saturated carbocycles. The predicted octanol–water partition coefficient (Wildman–Crippen LogP) is 4.50. The molecule has 3 aromatic rings. The first-order valence-corrected chi connectivity index (χ1v) is 10.9. The summed E-state index contributed by atoms with van der Waals surface area (Å²) in [5.74, 6) is 3.03. The number of benzene rings is 1. The van der Waals surface area contributed by atoms with Crippen LogP contribution in [0.3, 0.4) is 0 Å². The second kappa shape index (κ2) is 9.94. The molecule has 0 spiro atoms. The average molecular weight is 442 g/mol. The molecule has 0 aliphatic heterocycles. The van der Waals surface area contributed by atoms with Gasteiger partial charge in [-0.3, -0.25) is 9.55 Å². The number of rotatable bonds is 6. The Morgan fingerprint density at radius 3 is 2.77 bits per heavy atom. The second-order valence-corrected chi connectivity index (χ2v) is 8.38. The van der Waals surface area contributed by atoms with Crippen LogP contribution in [0, 0.1) is 23.5 Å². The zero-order valence-electron chi connectivity index (χ0n) is 16.7. The van der Waals surface area contributed by atoms with E-state index < -0.39 is 18.2 Å². The van der Waals surface area contributed by atoms with Crippen LogP contribution >= 0.6 is 11.8 Å². The molecule has 31 heavy (non-hydrogen) atoms. The zero-order valence-corrected chi connectivity index (χ0v) is 17.5. The Labute approximate surface area is 183 Å². The summed E-state index contributed by atoms with van der Waals surface area (Å²) < 4.78 is 36.2. The third-order valence-corrected chi connectivity index (χ3v) is 6.28. The summed E-state index contributed by atoms with van der Waals surface area (Å²) >= 11 is 1.73. The van der Waals surface area contributed by atoms with Crippen molar-refractivity contribution in [3.05, 3.63) is 65.7 Å². The quantitative estimate of drug-likeness (QED) is 0.571. The maximum absolute atomic E-state index is 14.4. The maximum atomic E-state index is 14.4. The molecule has 1 N–H and O–H groups in total. The third kappa shape index (κ3) is 5.06. The number of aromatic nitrogens is 3. The Bertz CT molecular complexity index is 1100. The topological polar surface area (TPSA) is 60.2 Å². The predicted molar refractivity (Wildman–Crippen MR) is 114 cm³/mol. The van der Waals surface area contributed by atoms with Gasteiger partial charge in [0.25, 0.3) is 0 Å². The molecule has 5 nitrogen and oxygen atoms in total. The van der Waals surface area contributed by atoms with Gasteiger partial charge in [-0.15, -0.1) is 0 Å². The molecule has 0 unspecified atom stereocenters. The minimum atomic E-state index is -0.725. The molecule has 0 bridgehead atoms. The van der Waals surface area contributed by atoms with Crippen LogP contribution < -0.4 is 4.74 Å². The van der Waals surface area contributed by atoms with Crippen LogP contribution in [-0.4, -0.2) is 31.5 Å². The molecule has 1 fully saturated rings. The largest absolute Gasteiger partial charge is 0.484 e. The number of ether oxygens (including phenoxy) is 1. The number of hydrogen-bond acceptors (Lipinski definition) is 5. The maximum Gasteiger partial charge on any atom is 0.173 e. The third-order valence-electron chi connectivity index (χ3n) is 4.98. The lowest BCUT2D eigenvalue weighted by atomic mass is 10.2. The van der Waals surface area contributed by atoms with E-state index in [4.69, 9.17) is 9.84 Å². The smallest absolute Gasteiger partial charge is 0.173 e. The number of hydrogen-bond donors (Lipinski definition) is 1. The number of aliphatic hydroxyl groups is 1. The first-order valence-electron chi connectivity index (χ1n) is 10.0. The fraction of sp³-hybridized carbons (Fsp3) is 0.304. The van der Waals surface area contributed by atoms with Crippen LogP contribution in [-0.2, 0) is 6.61 Å². The van der Waals surface area contributed by atoms with Crippen LogP contribution in [0.2, 0.25) is 0 Å². The van der Waals surface area contributed by atoms with Crippen molar-refractivity contribution in [3.8, 4) is 23.3 Å². The van der Waals surface area contributed by atoms with Gasteiger partial charge in [-0.2, -0.15) is 0 Å². The Morgan fingerprint density at radius 2 is 2.03 bits per heavy atom. The highest BCUT2D eigenvalue weighted by Gasteiger charge is 2.21. The van der Waals surface area contributed by atoms with Crippen LogP contribution in [0.5, 0.6) is 5.75 Å². The lowest BCUT2D eigenvalue weighted by Gasteiger charge is -2.14. The molecule has 0 saturated heterocycles. The highest BCUT2D eigenvalue weighted by Crippen LogP contribution is 2.35. The second-order valence-electron chi connectivity index (χ2n) is 7.11. The van der Waals surface area contributed by atoms with E-state index >= 15 is 0 Å². The monoisotopic (exact) mass is 441 g/mol. The molecule has 0 atom stereocenters.